The molecule has 4 heterocycles. The summed E-state index contributed by atoms with van der Waals surface area (Å²) in [7, 11) is 0. The number of aromatic amines is 1. The fraction of sp³-hybridized carbons (Fsp3) is 0.455. The molecule has 3 aromatic rings. The van der Waals surface area contributed by atoms with E-state index >= 15 is 0 Å². The van der Waals surface area contributed by atoms with Crippen molar-refractivity contribution in [2.24, 2.45) is 28.7 Å². The van der Waals surface area contributed by atoms with E-state index in [1.54, 1.807) is 24.3 Å². The molecule has 0 spiro atoms. The van der Waals surface area contributed by atoms with Crippen LogP contribution in [-0.2, 0) is 0 Å². The standard InChI is InChI=1S/C22H32N12O/c23-12-5-13(24)8-33(7-12)20-17-19(31-22(29-17)34-9-14(25)6-15(26)10-34)30-21(32-20)28-16-3-1-11(2-4-16)18(27)35/h1-4,12-15H,5-10,23-26H2,(H2,27,35)(H2,28,29,30,31,32)/t12-,13+,14-,15+. The largest absolute Gasteiger partial charge is 0.366 e. The molecule has 12 N–H and O–H groups in total. The highest BCUT2D eigenvalue weighted by Crippen LogP contribution is 2.30. The molecule has 2 aromatic heterocycles. The molecule has 13 heteroatoms. The second-order valence-electron chi connectivity index (χ2n) is 9.52. The molecule has 2 aliphatic rings. The molecule has 2 fully saturated rings. The first-order valence-corrected chi connectivity index (χ1v) is 11.7. The van der Waals surface area contributed by atoms with Gasteiger partial charge < -0.3 is 48.8 Å². The van der Waals surface area contributed by atoms with E-state index in [0.29, 0.717) is 66.3 Å². The molecule has 0 radical (unpaired) electrons. The van der Waals surface area contributed by atoms with Crippen molar-refractivity contribution in [2.75, 3.05) is 41.3 Å². The number of rotatable bonds is 5. The first-order chi connectivity index (χ1) is 16.7. The first kappa shape index (κ1) is 23.2. The number of carbonyl (C=O) groups is 1. The van der Waals surface area contributed by atoms with Crippen LogP contribution >= 0.6 is 0 Å². The number of aromatic nitrogens is 4. The van der Waals surface area contributed by atoms with Gasteiger partial charge in [-0.15, -0.1) is 0 Å². The fourth-order valence-corrected chi connectivity index (χ4v) is 4.85. The molecule has 35 heavy (non-hydrogen) atoms. The van der Waals surface area contributed by atoms with E-state index in [2.05, 4.69) is 20.2 Å². The van der Waals surface area contributed by atoms with Crippen LogP contribution in [0.25, 0.3) is 11.2 Å². The van der Waals surface area contributed by atoms with Crippen molar-refractivity contribution in [3.05, 3.63) is 29.8 Å². The van der Waals surface area contributed by atoms with Gasteiger partial charge in [0.25, 0.3) is 0 Å². The highest BCUT2D eigenvalue weighted by Gasteiger charge is 2.29. The number of imidazole rings is 1. The van der Waals surface area contributed by atoms with Crippen LogP contribution < -0.4 is 43.8 Å². The van der Waals surface area contributed by atoms with Crippen molar-refractivity contribution < 1.29 is 4.79 Å². The fourth-order valence-electron chi connectivity index (χ4n) is 4.85. The monoisotopic (exact) mass is 480 g/mol. The first-order valence-electron chi connectivity index (χ1n) is 11.7. The number of nitrogens with zero attached hydrogens (tertiary/aromatic N) is 5. The van der Waals surface area contributed by atoms with E-state index in [1.165, 1.54) is 0 Å². The Balaban J connectivity index is 1.53. The lowest BCUT2D eigenvalue weighted by Crippen LogP contribution is -2.52. The molecular weight excluding hydrogens is 448 g/mol. The van der Waals surface area contributed by atoms with Crippen molar-refractivity contribution in [1.82, 2.24) is 19.9 Å². The predicted molar refractivity (Wildman–Crippen MR) is 135 cm³/mol. The molecular formula is C22H32N12O. The number of anilines is 4. The van der Waals surface area contributed by atoms with Crippen LogP contribution in [0, 0.1) is 0 Å². The average Bonchev–Trinajstić information content (AvgIpc) is 3.22. The average molecular weight is 481 g/mol. The Hall–Kier alpha value is -3.52. The number of benzene rings is 1. The second kappa shape index (κ2) is 9.26. The lowest BCUT2D eigenvalue weighted by atomic mass is 10.0. The zero-order chi connectivity index (χ0) is 24.7. The van der Waals surface area contributed by atoms with Gasteiger partial charge in [-0.05, 0) is 37.1 Å². The quantitative estimate of drug-likeness (QED) is 0.233. The lowest BCUT2D eigenvalue weighted by molar-refractivity contribution is 0.100. The van der Waals surface area contributed by atoms with Crippen molar-refractivity contribution in [3.8, 4) is 0 Å². The Bertz CT molecular complexity index is 1190. The Kier molecular flexibility index (Phi) is 6.15. The molecule has 1 aromatic carbocycles. The van der Waals surface area contributed by atoms with Gasteiger partial charge in [-0.25, -0.2) is 0 Å². The maximum Gasteiger partial charge on any atom is 0.248 e. The predicted octanol–water partition coefficient (Wildman–Crippen LogP) is -1.08. The van der Waals surface area contributed by atoms with Crippen LogP contribution in [0.2, 0.25) is 0 Å². The summed E-state index contributed by atoms with van der Waals surface area (Å²) in [5.41, 5.74) is 32.6. The van der Waals surface area contributed by atoms with Crippen LogP contribution in [0.1, 0.15) is 23.2 Å². The van der Waals surface area contributed by atoms with Gasteiger partial charge in [0.2, 0.25) is 17.8 Å². The Morgan fingerprint density at radius 1 is 0.857 bits per heavy atom. The smallest absolute Gasteiger partial charge is 0.248 e. The van der Waals surface area contributed by atoms with Gasteiger partial charge in [0.05, 0.1) is 0 Å². The van der Waals surface area contributed by atoms with E-state index in [-0.39, 0.29) is 24.2 Å². The number of nitrogens with one attached hydrogen (secondary N) is 2. The molecule has 0 saturated carbocycles. The van der Waals surface area contributed by atoms with Crippen LogP contribution in [0.15, 0.2) is 24.3 Å². The number of hydrogen-bond acceptors (Lipinski definition) is 11. The number of nitrogens with two attached hydrogens (primary N) is 5. The zero-order valence-electron chi connectivity index (χ0n) is 19.4. The van der Waals surface area contributed by atoms with Crippen molar-refractivity contribution in [2.45, 2.75) is 37.0 Å². The number of piperidine rings is 2. The van der Waals surface area contributed by atoms with Gasteiger partial charge in [-0.2, -0.15) is 15.0 Å². The third-order valence-corrected chi connectivity index (χ3v) is 6.37. The molecule has 2 aliphatic heterocycles. The van der Waals surface area contributed by atoms with Crippen LogP contribution in [0.5, 0.6) is 0 Å². The van der Waals surface area contributed by atoms with E-state index in [4.69, 9.17) is 38.6 Å². The third kappa shape index (κ3) is 4.98. The maximum atomic E-state index is 11.4. The van der Waals surface area contributed by atoms with E-state index in [0.717, 1.165) is 12.8 Å². The molecule has 0 aliphatic carbocycles. The third-order valence-electron chi connectivity index (χ3n) is 6.37. The highest BCUT2D eigenvalue weighted by atomic mass is 16.1. The lowest BCUT2D eigenvalue weighted by Gasteiger charge is -2.35. The van der Waals surface area contributed by atoms with E-state index in [1.807, 2.05) is 4.90 Å². The molecule has 1 amide bonds. The summed E-state index contributed by atoms with van der Waals surface area (Å²) in [5.74, 6) is 1.18. The molecule has 0 unspecified atom stereocenters. The summed E-state index contributed by atoms with van der Waals surface area (Å²) in [4.78, 5) is 33.1. The van der Waals surface area contributed by atoms with Crippen LogP contribution in [0.4, 0.5) is 23.4 Å². The Labute approximate surface area is 202 Å². The van der Waals surface area contributed by atoms with Gasteiger partial charge >= 0.3 is 0 Å². The van der Waals surface area contributed by atoms with Gasteiger partial charge in [0.1, 0.15) is 5.52 Å². The zero-order valence-corrected chi connectivity index (χ0v) is 19.4. The minimum absolute atomic E-state index is 0.0313. The summed E-state index contributed by atoms with van der Waals surface area (Å²) in [5, 5.41) is 3.20. The van der Waals surface area contributed by atoms with Crippen LogP contribution in [-0.4, -0.2) is 76.2 Å². The molecule has 4 atom stereocenters. The number of fused-ring (bicyclic) bond motifs is 1. The summed E-state index contributed by atoms with van der Waals surface area (Å²) >= 11 is 0. The van der Waals surface area contributed by atoms with Crippen LogP contribution in [0.3, 0.4) is 0 Å². The Morgan fingerprint density at radius 3 is 2.00 bits per heavy atom. The van der Waals surface area contributed by atoms with Crippen molar-refractivity contribution in [3.63, 3.8) is 0 Å². The number of H-pyrrole nitrogens is 1. The molecule has 2 saturated heterocycles. The minimum atomic E-state index is -0.490. The second-order valence-corrected chi connectivity index (χ2v) is 9.52. The number of carbonyl (C=O) groups excluding carboxylic acids is 1. The van der Waals surface area contributed by atoms with Crippen molar-refractivity contribution in [1.29, 1.82) is 0 Å². The number of primary amides is 1. The van der Waals surface area contributed by atoms with Gasteiger partial charge in [-0.1, -0.05) is 0 Å². The summed E-state index contributed by atoms with van der Waals surface area (Å²) in [6.07, 6.45) is 1.52. The van der Waals surface area contributed by atoms with E-state index in [9.17, 15) is 4.79 Å². The Morgan fingerprint density at radius 2 is 1.43 bits per heavy atom. The molecule has 0 bridgehead atoms. The minimum Gasteiger partial charge on any atom is -0.366 e. The highest BCUT2D eigenvalue weighted by molar-refractivity contribution is 5.93. The number of amides is 1. The van der Waals surface area contributed by atoms with Crippen molar-refractivity contribution >= 4 is 40.5 Å². The van der Waals surface area contributed by atoms with Gasteiger partial charge in [0, 0.05) is 61.6 Å². The van der Waals surface area contributed by atoms with E-state index < -0.39 is 5.91 Å². The normalized spacial score (nSPS) is 25.1. The molecule has 186 valence electrons. The topological polar surface area (TPSA) is 220 Å². The SMILES string of the molecule is NC(=O)c1ccc(Nc2nc(N3C[C@H](N)C[C@H](N)C3)c3[nH]c(N4C[C@H](N)C[C@H](N)C4)nc3n2)cc1. The molecule has 13 nitrogen and oxygen atoms in total. The summed E-state index contributed by atoms with van der Waals surface area (Å²) in [6, 6.07) is 6.57. The number of hydrogen-bond donors (Lipinski definition) is 7. The summed E-state index contributed by atoms with van der Waals surface area (Å²) < 4.78 is 0. The van der Waals surface area contributed by atoms with Gasteiger partial charge in [0.15, 0.2) is 11.5 Å². The molecule has 5 rings (SSSR count). The maximum absolute atomic E-state index is 11.4. The van der Waals surface area contributed by atoms with Gasteiger partial charge in [-0.3, -0.25) is 4.79 Å². The summed E-state index contributed by atoms with van der Waals surface area (Å²) in [6.45, 7) is 2.51.